The van der Waals surface area contributed by atoms with E-state index in [1.165, 1.54) is 19.3 Å². The molecule has 1 saturated carbocycles. The van der Waals surface area contributed by atoms with Crippen LogP contribution < -0.4 is 11.1 Å². The van der Waals surface area contributed by atoms with Crippen molar-refractivity contribution in [1.82, 2.24) is 9.97 Å². The van der Waals surface area contributed by atoms with Gasteiger partial charge in [-0.1, -0.05) is 19.8 Å². The van der Waals surface area contributed by atoms with Gasteiger partial charge in [-0.2, -0.15) is 0 Å². The lowest BCUT2D eigenvalue weighted by Crippen LogP contribution is -2.19. The van der Waals surface area contributed by atoms with E-state index in [0.717, 1.165) is 35.0 Å². The number of hydrogen-bond donors (Lipinski definition) is 3. The van der Waals surface area contributed by atoms with Crippen molar-refractivity contribution in [2.24, 2.45) is 5.92 Å². The number of nitrogens with zero attached hydrogens (tertiary/aromatic N) is 1. The summed E-state index contributed by atoms with van der Waals surface area (Å²) in [6, 6.07) is 6.29. The van der Waals surface area contributed by atoms with Gasteiger partial charge in [-0.3, -0.25) is 0 Å². The second kappa shape index (κ2) is 4.52. The molecule has 4 heteroatoms. The van der Waals surface area contributed by atoms with Crippen molar-refractivity contribution in [3.63, 3.8) is 0 Å². The van der Waals surface area contributed by atoms with Gasteiger partial charge in [0.25, 0.3) is 0 Å². The van der Waals surface area contributed by atoms with Crippen molar-refractivity contribution in [2.45, 2.75) is 38.6 Å². The third-order valence-corrected chi connectivity index (χ3v) is 3.65. The fourth-order valence-electron chi connectivity index (χ4n) is 2.37. The van der Waals surface area contributed by atoms with Gasteiger partial charge in [0.2, 0.25) is 5.95 Å². The third-order valence-electron chi connectivity index (χ3n) is 3.65. The van der Waals surface area contributed by atoms with Gasteiger partial charge in [-0.05, 0) is 37.0 Å². The van der Waals surface area contributed by atoms with E-state index < -0.39 is 0 Å². The molecule has 1 unspecified atom stereocenters. The number of fused-ring (bicyclic) bond motifs is 1. The molecular weight excluding hydrogens is 224 g/mol. The molecule has 1 aromatic carbocycles. The van der Waals surface area contributed by atoms with Crippen LogP contribution in [0.2, 0.25) is 0 Å². The maximum absolute atomic E-state index is 5.77. The predicted octanol–water partition coefficient (Wildman–Crippen LogP) is 3.14. The van der Waals surface area contributed by atoms with Crippen LogP contribution in [0.5, 0.6) is 0 Å². The van der Waals surface area contributed by atoms with Gasteiger partial charge in [-0.15, -0.1) is 0 Å². The number of imidazole rings is 1. The summed E-state index contributed by atoms with van der Waals surface area (Å²) >= 11 is 0. The van der Waals surface area contributed by atoms with Crippen LogP contribution in [0.15, 0.2) is 18.2 Å². The highest BCUT2D eigenvalue weighted by Gasteiger charge is 2.25. The highest BCUT2D eigenvalue weighted by molar-refractivity contribution is 5.80. The second-order valence-electron chi connectivity index (χ2n) is 5.29. The van der Waals surface area contributed by atoms with E-state index in [1.807, 2.05) is 18.2 Å². The molecule has 0 saturated heterocycles. The molecule has 4 nitrogen and oxygen atoms in total. The van der Waals surface area contributed by atoms with E-state index in [-0.39, 0.29) is 0 Å². The molecular formula is C14H20N4. The van der Waals surface area contributed by atoms with Crippen molar-refractivity contribution < 1.29 is 0 Å². The fourth-order valence-corrected chi connectivity index (χ4v) is 2.37. The van der Waals surface area contributed by atoms with Gasteiger partial charge >= 0.3 is 0 Å². The molecule has 3 rings (SSSR count). The molecule has 1 atom stereocenters. The summed E-state index contributed by atoms with van der Waals surface area (Å²) in [6.07, 6.45) is 5.19. The lowest BCUT2D eigenvalue weighted by Gasteiger charge is -2.15. The Labute approximate surface area is 107 Å². The quantitative estimate of drug-likeness (QED) is 0.708. The SMILES string of the molecule is CCC(CC1CC1)Nc1nc2ccc(N)cc2[nH]1. The maximum atomic E-state index is 5.77. The number of benzene rings is 1. The van der Waals surface area contributed by atoms with Gasteiger partial charge in [0, 0.05) is 11.7 Å². The summed E-state index contributed by atoms with van der Waals surface area (Å²) in [5.41, 5.74) is 8.50. The van der Waals surface area contributed by atoms with Crippen molar-refractivity contribution in [2.75, 3.05) is 11.1 Å². The number of aromatic amines is 1. The number of rotatable bonds is 5. The Balaban J connectivity index is 1.76. The molecule has 2 aromatic rings. The first-order chi connectivity index (χ1) is 8.74. The minimum Gasteiger partial charge on any atom is -0.399 e. The summed E-state index contributed by atoms with van der Waals surface area (Å²) in [5, 5.41) is 3.50. The largest absolute Gasteiger partial charge is 0.399 e. The Morgan fingerprint density at radius 1 is 1.50 bits per heavy atom. The Kier molecular flexibility index (Phi) is 2.86. The van der Waals surface area contributed by atoms with Gasteiger partial charge in [0.1, 0.15) is 0 Å². The first-order valence-corrected chi connectivity index (χ1v) is 6.76. The van der Waals surface area contributed by atoms with Gasteiger partial charge in [0.15, 0.2) is 0 Å². The molecule has 1 fully saturated rings. The van der Waals surface area contributed by atoms with E-state index in [2.05, 4.69) is 22.2 Å². The average Bonchev–Trinajstić information content (AvgIpc) is 3.07. The van der Waals surface area contributed by atoms with Crippen LogP contribution in [-0.2, 0) is 0 Å². The summed E-state index contributed by atoms with van der Waals surface area (Å²) in [7, 11) is 0. The van der Waals surface area contributed by atoms with E-state index in [0.29, 0.717) is 6.04 Å². The molecule has 96 valence electrons. The molecule has 0 bridgehead atoms. The minimum atomic E-state index is 0.524. The highest BCUT2D eigenvalue weighted by atomic mass is 15.1. The lowest BCUT2D eigenvalue weighted by atomic mass is 10.1. The first kappa shape index (κ1) is 11.4. The highest BCUT2D eigenvalue weighted by Crippen LogP contribution is 2.34. The van der Waals surface area contributed by atoms with Gasteiger partial charge in [-0.25, -0.2) is 4.98 Å². The molecule has 1 aliphatic rings. The lowest BCUT2D eigenvalue weighted by molar-refractivity contribution is 0.584. The summed E-state index contributed by atoms with van der Waals surface area (Å²) < 4.78 is 0. The molecule has 0 amide bonds. The van der Waals surface area contributed by atoms with Crippen LogP contribution in [0.4, 0.5) is 11.6 Å². The van der Waals surface area contributed by atoms with E-state index >= 15 is 0 Å². The predicted molar refractivity (Wildman–Crippen MR) is 75.5 cm³/mol. The molecule has 1 heterocycles. The van der Waals surface area contributed by atoms with Crippen LogP contribution in [0, 0.1) is 5.92 Å². The summed E-state index contributed by atoms with van der Waals surface area (Å²) in [4.78, 5) is 7.84. The maximum Gasteiger partial charge on any atom is 0.201 e. The topological polar surface area (TPSA) is 66.7 Å². The molecule has 1 aliphatic carbocycles. The first-order valence-electron chi connectivity index (χ1n) is 6.76. The summed E-state index contributed by atoms with van der Waals surface area (Å²) in [5.74, 6) is 1.80. The van der Waals surface area contributed by atoms with E-state index in [4.69, 9.17) is 5.73 Å². The Bertz CT molecular complexity index is 542. The molecule has 0 radical (unpaired) electrons. The second-order valence-corrected chi connectivity index (χ2v) is 5.29. The van der Waals surface area contributed by atoms with Crippen molar-refractivity contribution in [3.8, 4) is 0 Å². The Hall–Kier alpha value is -1.71. The minimum absolute atomic E-state index is 0.524. The van der Waals surface area contributed by atoms with E-state index in [9.17, 15) is 0 Å². The number of anilines is 2. The standard InChI is InChI=1S/C14H20N4/c1-2-11(7-9-3-4-9)16-14-17-12-6-5-10(15)8-13(12)18-14/h5-6,8-9,11H,2-4,7,15H2,1H3,(H2,16,17,18). The number of nitrogen functional groups attached to an aromatic ring is 1. The van der Waals surface area contributed by atoms with Crippen LogP contribution in [0.3, 0.4) is 0 Å². The number of aromatic nitrogens is 2. The Morgan fingerprint density at radius 2 is 2.33 bits per heavy atom. The zero-order valence-electron chi connectivity index (χ0n) is 10.7. The van der Waals surface area contributed by atoms with Crippen LogP contribution >= 0.6 is 0 Å². The smallest absolute Gasteiger partial charge is 0.201 e. The molecule has 18 heavy (non-hydrogen) atoms. The van der Waals surface area contributed by atoms with Crippen LogP contribution in [0.25, 0.3) is 11.0 Å². The number of nitrogens with one attached hydrogen (secondary N) is 2. The van der Waals surface area contributed by atoms with Gasteiger partial charge < -0.3 is 16.0 Å². The Morgan fingerprint density at radius 3 is 3.06 bits per heavy atom. The average molecular weight is 244 g/mol. The molecule has 0 spiro atoms. The van der Waals surface area contributed by atoms with Crippen LogP contribution in [0.1, 0.15) is 32.6 Å². The number of nitrogens with two attached hydrogens (primary N) is 1. The number of hydrogen-bond acceptors (Lipinski definition) is 3. The monoisotopic (exact) mass is 244 g/mol. The molecule has 4 N–H and O–H groups in total. The van der Waals surface area contributed by atoms with E-state index in [1.54, 1.807) is 0 Å². The fraction of sp³-hybridized carbons (Fsp3) is 0.500. The third kappa shape index (κ3) is 2.42. The van der Waals surface area contributed by atoms with Crippen molar-refractivity contribution in [1.29, 1.82) is 0 Å². The van der Waals surface area contributed by atoms with Crippen LogP contribution in [-0.4, -0.2) is 16.0 Å². The van der Waals surface area contributed by atoms with Gasteiger partial charge in [0.05, 0.1) is 11.0 Å². The van der Waals surface area contributed by atoms with Crippen molar-refractivity contribution in [3.05, 3.63) is 18.2 Å². The summed E-state index contributed by atoms with van der Waals surface area (Å²) in [6.45, 7) is 2.22. The normalized spacial score (nSPS) is 16.9. The zero-order chi connectivity index (χ0) is 12.5. The molecule has 0 aliphatic heterocycles. The number of H-pyrrole nitrogens is 1. The zero-order valence-corrected chi connectivity index (χ0v) is 10.7. The van der Waals surface area contributed by atoms with Crippen molar-refractivity contribution >= 4 is 22.7 Å². The molecule has 1 aromatic heterocycles.